The summed E-state index contributed by atoms with van der Waals surface area (Å²) in [5, 5.41) is 9.36. The summed E-state index contributed by atoms with van der Waals surface area (Å²) in [7, 11) is 0. The number of nitrogens with one attached hydrogen (secondary N) is 2. The highest BCUT2D eigenvalue weighted by Crippen LogP contribution is 2.06. The zero-order valence-corrected chi connectivity index (χ0v) is 11.5. The van der Waals surface area contributed by atoms with Gasteiger partial charge in [0.05, 0.1) is 0 Å². The highest BCUT2D eigenvalue weighted by atomic mass is 16.2. The Balaban J connectivity index is 1.91. The van der Waals surface area contributed by atoms with Crippen LogP contribution >= 0.6 is 0 Å². The number of hydrogen-bond donors (Lipinski definition) is 2. The van der Waals surface area contributed by atoms with Crippen molar-refractivity contribution in [1.82, 2.24) is 15.5 Å². The molecule has 0 aliphatic carbocycles. The third kappa shape index (κ3) is 3.54. The molecule has 2 rings (SSSR count). The number of amides is 1. The van der Waals surface area contributed by atoms with Gasteiger partial charge in [-0.3, -0.25) is 14.7 Å². The van der Waals surface area contributed by atoms with Gasteiger partial charge in [-0.25, -0.2) is 0 Å². The third-order valence-corrected chi connectivity index (χ3v) is 2.90. The predicted octanol–water partition coefficient (Wildman–Crippen LogP) is 2.11. The molecule has 1 aromatic heterocycles. The van der Waals surface area contributed by atoms with Crippen LogP contribution in [-0.2, 0) is 0 Å². The Morgan fingerprint density at radius 2 is 2.00 bits per heavy atom. The molecule has 2 aromatic rings. The lowest BCUT2D eigenvalue weighted by molar-refractivity contribution is 0.0914. The fourth-order valence-electron chi connectivity index (χ4n) is 1.90. The topological polar surface area (TPSA) is 74.8 Å². The monoisotopic (exact) mass is 271 g/mol. The molecule has 0 aliphatic heterocycles. The van der Waals surface area contributed by atoms with Crippen LogP contribution < -0.4 is 5.32 Å². The Hall–Kier alpha value is -2.43. The van der Waals surface area contributed by atoms with Gasteiger partial charge in [0, 0.05) is 23.7 Å². The summed E-state index contributed by atoms with van der Waals surface area (Å²) in [6.45, 7) is 3.63. The molecule has 1 amide bonds. The van der Waals surface area contributed by atoms with Crippen LogP contribution in [0.3, 0.4) is 0 Å². The molecule has 0 fully saturated rings. The van der Waals surface area contributed by atoms with Crippen LogP contribution in [0.1, 0.15) is 39.9 Å². The summed E-state index contributed by atoms with van der Waals surface area (Å²) in [6, 6.07) is 10.5. The molecule has 20 heavy (non-hydrogen) atoms. The lowest BCUT2D eigenvalue weighted by Crippen LogP contribution is -2.34. The van der Waals surface area contributed by atoms with Gasteiger partial charge >= 0.3 is 0 Å². The molecule has 0 saturated carbocycles. The Morgan fingerprint density at radius 1 is 1.30 bits per heavy atom. The number of carbonyl (C=O) groups is 2. The second-order valence-electron chi connectivity index (χ2n) is 4.80. The standard InChI is InChI=1S/C15H17N3O2/c1-10(9-14(19)12-6-4-3-5-7-12)16-15(20)13-8-11(2)17-18-13/h3-8,10H,9H2,1-2H3,(H,16,20)(H,17,18)/t10-/m0/s1. The first-order valence-corrected chi connectivity index (χ1v) is 6.47. The van der Waals surface area contributed by atoms with Crippen molar-refractivity contribution in [3.63, 3.8) is 0 Å². The SMILES string of the molecule is Cc1cc(C(=O)N[C@@H](C)CC(=O)c2ccccc2)n[nH]1. The van der Waals surface area contributed by atoms with Crippen molar-refractivity contribution < 1.29 is 9.59 Å². The number of H-pyrrole nitrogens is 1. The van der Waals surface area contributed by atoms with Crippen LogP contribution in [0.15, 0.2) is 36.4 Å². The number of aryl methyl sites for hydroxylation is 1. The van der Waals surface area contributed by atoms with Gasteiger partial charge in [-0.15, -0.1) is 0 Å². The minimum atomic E-state index is -0.275. The largest absolute Gasteiger partial charge is 0.348 e. The third-order valence-electron chi connectivity index (χ3n) is 2.90. The molecule has 0 saturated heterocycles. The average molecular weight is 271 g/mol. The number of aromatic nitrogens is 2. The van der Waals surface area contributed by atoms with Crippen LogP contribution in [0, 0.1) is 6.92 Å². The van der Waals surface area contributed by atoms with E-state index in [2.05, 4.69) is 15.5 Å². The van der Waals surface area contributed by atoms with Gasteiger partial charge in [-0.1, -0.05) is 30.3 Å². The smallest absolute Gasteiger partial charge is 0.271 e. The number of aromatic amines is 1. The minimum absolute atomic E-state index is 0.0107. The Morgan fingerprint density at radius 3 is 2.60 bits per heavy atom. The molecule has 0 aliphatic rings. The minimum Gasteiger partial charge on any atom is -0.348 e. The van der Waals surface area contributed by atoms with E-state index in [4.69, 9.17) is 0 Å². The van der Waals surface area contributed by atoms with E-state index in [9.17, 15) is 9.59 Å². The van der Waals surface area contributed by atoms with Gasteiger partial charge in [0.2, 0.25) is 0 Å². The average Bonchev–Trinajstić information content (AvgIpc) is 2.86. The molecular formula is C15H17N3O2. The molecule has 1 heterocycles. The van der Waals surface area contributed by atoms with Crippen molar-refractivity contribution in [2.75, 3.05) is 0 Å². The second kappa shape index (κ2) is 6.14. The molecule has 0 radical (unpaired) electrons. The molecule has 0 unspecified atom stereocenters. The Bertz CT molecular complexity index is 605. The maximum absolute atomic E-state index is 12.0. The van der Waals surface area contributed by atoms with Crippen LogP contribution in [0.25, 0.3) is 0 Å². The van der Waals surface area contributed by atoms with Crippen LogP contribution in [-0.4, -0.2) is 27.9 Å². The van der Waals surface area contributed by atoms with Crippen LogP contribution in [0.4, 0.5) is 0 Å². The summed E-state index contributed by atoms with van der Waals surface area (Å²) in [4.78, 5) is 23.9. The highest BCUT2D eigenvalue weighted by Gasteiger charge is 2.15. The van der Waals surface area contributed by atoms with E-state index in [1.54, 1.807) is 25.1 Å². The predicted molar refractivity (Wildman–Crippen MR) is 75.6 cm³/mol. The molecule has 5 nitrogen and oxygen atoms in total. The number of rotatable bonds is 5. The van der Waals surface area contributed by atoms with Gasteiger partial charge in [-0.05, 0) is 19.9 Å². The van der Waals surface area contributed by atoms with Gasteiger partial charge in [0.15, 0.2) is 5.78 Å². The first-order valence-electron chi connectivity index (χ1n) is 6.47. The fraction of sp³-hybridized carbons (Fsp3) is 0.267. The van der Waals surface area contributed by atoms with Crippen molar-refractivity contribution in [1.29, 1.82) is 0 Å². The maximum Gasteiger partial charge on any atom is 0.271 e. The zero-order chi connectivity index (χ0) is 14.5. The number of Topliss-reactive ketones (excluding diaryl/α,β-unsaturated/α-hetero) is 1. The van der Waals surface area contributed by atoms with E-state index in [-0.39, 0.29) is 24.2 Å². The molecule has 5 heteroatoms. The summed E-state index contributed by atoms with van der Waals surface area (Å²) in [5.41, 5.74) is 1.81. The van der Waals surface area contributed by atoms with Gasteiger partial charge in [0.25, 0.3) is 5.91 Å². The van der Waals surface area contributed by atoms with Crippen molar-refractivity contribution in [3.05, 3.63) is 53.3 Å². The quantitative estimate of drug-likeness (QED) is 0.818. The van der Waals surface area contributed by atoms with E-state index in [0.717, 1.165) is 5.69 Å². The first-order chi connectivity index (χ1) is 9.56. The molecule has 0 bridgehead atoms. The van der Waals surface area contributed by atoms with Crippen molar-refractivity contribution in [2.45, 2.75) is 26.3 Å². The molecule has 104 valence electrons. The van der Waals surface area contributed by atoms with Gasteiger partial charge < -0.3 is 5.32 Å². The highest BCUT2D eigenvalue weighted by molar-refractivity contribution is 5.97. The Labute approximate surface area is 117 Å². The van der Waals surface area contributed by atoms with E-state index in [1.165, 1.54) is 0 Å². The van der Waals surface area contributed by atoms with Crippen molar-refractivity contribution in [3.8, 4) is 0 Å². The lowest BCUT2D eigenvalue weighted by atomic mass is 10.0. The number of carbonyl (C=O) groups excluding carboxylic acids is 2. The second-order valence-corrected chi connectivity index (χ2v) is 4.80. The van der Waals surface area contributed by atoms with E-state index < -0.39 is 0 Å². The molecule has 1 aromatic carbocycles. The maximum atomic E-state index is 12.0. The first kappa shape index (κ1) is 14.0. The lowest BCUT2D eigenvalue weighted by Gasteiger charge is -2.12. The normalized spacial score (nSPS) is 11.9. The zero-order valence-electron chi connectivity index (χ0n) is 11.5. The molecule has 1 atom stereocenters. The molecular weight excluding hydrogens is 254 g/mol. The van der Waals surface area contributed by atoms with E-state index >= 15 is 0 Å². The van der Waals surface area contributed by atoms with Crippen molar-refractivity contribution in [2.24, 2.45) is 0 Å². The summed E-state index contributed by atoms with van der Waals surface area (Å²) >= 11 is 0. The van der Waals surface area contributed by atoms with E-state index in [0.29, 0.717) is 11.3 Å². The van der Waals surface area contributed by atoms with Crippen LogP contribution in [0.5, 0.6) is 0 Å². The van der Waals surface area contributed by atoms with Crippen molar-refractivity contribution >= 4 is 11.7 Å². The fourth-order valence-corrected chi connectivity index (χ4v) is 1.90. The molecule has 0 spiro atoms. The summed E-state index contributed by atoms with van der Waals surface area (Å²) in [6.07, 6.45) is 0.263. The van der Waals surface area contributed by atoms with Gasteiger partial charge in [-0.2, -0.15) is 5.10 Å². The number of ketones is 1. The van der Waals surface area contributed by atoms with E-state index in [1.807, 2.05) is 25.1 Å². The van der Waals surface area contributed by atoms with Crippen LogP contribution in [0.2, 0.25) is 0 Å². The summed E-state index contributed by atoms with van der Waals surface area (Å²) in [5.74, 6) is -0.265. The Kier molecular flexibility index (Phi) is 4.30. The number of hydrogen-bond acceptors (Lipinski definition) is 3. The summed E-state index contributed by atoms with van der Waals surface area (Å²) < 4.78 is 0. The van der Waals surface area contributed by atoms with Gasteiger partial charge in [0.1, 0.15) is 5.69 Å². The number of benzene rings is 1. The molecule has 2 N–H and O–H groups in total. The number of nitrogens with zero attached hydrogens (tertiary/aromatic N) is 1.